The van der Waals surface area contributed by atoms with Crippen LogP contribution in [0.1, 0.15) is 26.3 Å². The Labute approximate surface area is 125 Å². The van der Waals surface area contributed by atoms with Crippen LogP contribution >= 0.6 is 0 Å². The second-order valence-electron chi connectivity index (χ2n) is 6.16. The third-order valence-electron chi connectivity index (χ3n) is 3.33. The van der Waals surface area contributed by atoms with Crippen LogP contribution in [0.5, 0.6) is 0 Å². The van der Waals surface area contributed by atoms with Crippen molar-refractivity contribution in [2.24, 2.45) is 0 Å². The van der Waals surface area contributed by atoms with E-state index in [1.54, 1.807) is 4.90 Å². The van der Waals surface area contributed by atoms with Crippen molar-refractivity contribution >= 4 is 17.7 Å². The number of nitrogen functional groups attached to an aromatic ring is 1. The largest absolute Gasteiger partial charge is 0.444 e. The van der Waals surface area contributed by atoms with Crippen LogP contribution in [0, 0.1) is 6.92 Å². The number of carbonyl (C=O) groups excluding carboxylic acids is 1. The molecule has 7 heteroatoms. The summed E-state index contributed by atoms with van der Waals surface area (Å²) in [5.41, 5.74) is 6.22. The molecule has 1 saturated heterocycles. The van der Waals surface area contributed by atoms with Gasteiger partial charge in [0.05, 0.1) is 0 Å². The number of hydrogen-bond donors (Lipinski definition) is 1. The molecule has 0 unspecified atom stereocenters. The molecule has 1 amide bonds. The van der Waals surface area contributed by atoms with Crippen LogP contribution in [-0.2, 0) is 4.74 Å². The first-order chi connectivity index (χ1) is 9.78. The highest BCUT2D eigenvalue weighted by Gasteiger charge is 2.27. The maximum atomic E-state index is 12.0. The summed E-state index contributed by atoms with van der Waals surface area (Å²) in [5.74, 6) is 1.33. The van der Waals surface area contributed by atoms with E-state index in [2.05, 4.69) is 14.9 Å². The highest BCUT2D eigenvalue weighted by Crippen LogP contribution is 2.21. The Morgan fingerprint density at radius 2 is 1.86 bits per heavy atom. The Hall–Kier alpha value is -2.05. The molecule has 1 aromatic rings. The first-order valence-electron chi connectivity index (χ1n) is 7.08. The number of ether oxygens (including phenoxy) is 1. The fourth-order valence-electron chi connectivity index (χ4n) is 2.20. The number of aromatic nitrogens is 2. The third-order valence-corrected chi connectivity index (χ3v) is 3.33. The number of hydrogen-bond acceptors (Lipinski definition) is 6. The molecule has 0 aromatic carbocycles. The smallest absolute Gasteiger partial charge is 0.410 e. The van der Waals surface area contributed by atoms with E-state index in [0.29, 0.717) is 32.0 Å². The lowest BCUT2D eigenvalue weighted by molar-refractivity contribution is 0.0240. The normalized spacial score (nSPS) is 16.0. The van der Waals surface area contributed by atoms with Crippen molar-refractivity contribution < 1.29 is 9.53 Å². The quantitative estimate of drug-likeness (QED) is 0.843. The molecule has 0 aliphatic carbocycles. The van der Waals surface area contributed by atoms with Gasteiger partial charge in [0, 0.05) is 31.7 Å². The molecule has 1 aromatic heterocycles. The maximum absolute atomic E-state index is 12.0. The summed E-state index contributed by atoms with van der Waals surface area (Å²) in [6, 6.07) is 0. The van der Waals surface area contributed by atoms with E-state index in [4.69, 9.17) is 10.5 Å². The van der Waals surface area contributed by atoms with Gasteiger partial charge in [0.25, 0.3) is 0 Å². The molecule has 0 bridgehead atoms. The molecule has 2 rings (SSSR count). The van der Waals surface area contributed by atoms with Gasteiger partial charge >= 0.3 is 6.09 Å². The van der Waals surface area contributed by atoms with Gasteiger partial charge in [-0.15, -0.1) is 0 Å². The fourth-order valence-corrected chi connectivity index (χ4v) is 2.20. The van der Waals surface area contributed by atoms with Crippen LogP contribution in [0.4, 0.5) is 16.4 Å². The van der Waals surface area contributed by atoms with Crippen molar-refractivity contribution in [1.82, 2.24) is 14.9 Å². The minimum Gasteiger partial charge on any atom is -0.444 e. The van der Waals surface area contributed by atoms with Gasteiger partial charge in [0.1, 0.15) is 23.6 Å². The summed E-state index contributed by atoms with van der Waals surface area (Å²) in [7, 11) is 0. The van der Waals surface area contributed by atoms with Crippen LogP contribution in [0.3, 0.4) is 0 Å². The minimum atomic E-state index is -0.466. The Kier molecular flexibility index (Phi) is 4.20. The van der Waals surface area contributed by atoms with Gasteiger partial charge < -0.3 is 20.3 Å². The van der Waals surface area contributed by atoms with Crippen molar-refractivity contribution in [3.05, 3.63) is 11.9 Å². The van der Waals surface area contributed by atoms with Crippen LogP contribution in [0.25, 0.3) is 0 Å². The minimum absolute atomic E-state index is 0.263. The second kappa shape index (κ2) is 5.75. The van der Waals surface area contributed by atoms with Gasteiger partial charge in [0.2, 0.25) is 0 Å². The van der Waals surface area contributed by atoms with Crippen molar-refractivity contribution in [3.63, 3.8) is 0 Å². The summed E-state index contributed by atoms with van der Waals surface area (Å²) >= 11 is 0. The number of nitrogens with zero attached hydrogens (tertiary/aromatic N) is 4. The highest BCUT2D eigenvalue weighted by atomic mass is 16.6. The van der Waals surface area contributed by atoms with E-state index in [1.807, 2.05) is 27.7 Å². The predicted octanol–water partition coefficient (Wildman–Crippen LogP) is 1.42. The van der Waals surface area contributed by atoms with Crippen molar-refractivity contribution in [2.45, 2.75) is 33.3 Å². The van der Waals surface area contributed by atoms with Gasteiger partial charge in [-0.05, 0) is 27.7 Å². The lowest BCUT2D eigenvalue weighted by Gasteiger charge is -2.36. The average Bonchev–Trinajstić information content (AvgIpc) is 2.40. The molecule has 0 spiro atoms. The average molecular weight is 293 g/mol. The molecule has 0 atom stereocenters. The molecule has 116 valence electrons. The van der Waals surface area contributed by atoms with Crippen LogP contribution in [0.15, 0.2) is 6.33 Å². The molecule has 0 saturated carbocycles. The zero-order valence-electron chi connectivity index (χ0n) is 13.1. The summed E-state index contributed by atoms with van der Waals surface area (Å²) in [5, 5.41) is 0. The van der Waals surface area contributed by atoms with Crippen molar-refractivity contribution in [1.29, 1.82) is 0 Å². The van der Waals surface area contributed by atoms with Crippen molar-refractivity contribution in [3.8, 4) is 0 Å². The number of amides is 1. The summed E-state index contributed by atoms with van der Waals surface area (Å²) < 4.78 is 5.38. The number of carbonyl (C=O) groups is 1. The molecule has 0 radical (unpaired) electrons. The first-order valence-corrected chi connectivity index (χ1v) is 7.08. The predicted molar refractivity (Wildman–Crippen MR) is 81.2 cm³/mol. The van der Waals surface area contributed by atoms with E-state index in [1.165, 1.54) is 6.33 Å². The number of nitrogens with two attached hydrogens (primary N) is 1. The van der Waals surface area contributed by atoms with E-state index < -0.39 is 5.60 Å². The molecule has 1 aliphatic rings. The van der Waals surface area contributed by atoms with Gasteiger partial charge in [0.15, 0.2) is 0 Å². The Morgan fingerprint density at radius 3 is 2.43 bits per heavy atom. The molecule has 21 heavy (non-hydrogen) atoms. The second-order valence-corrected chi connectivity index (χ2v) is 6.16. The molecular weight excluding hydrogens is 270 g/mol. The van der Waals surface area contributed by atoms with Crippen LogP contribution in [0.2, 0.25) is 0 Å². The summed E-state index contributed by atoms with van der Waals surface area (Å²) in [6.07, 6.45) is 1.21. The van der Waals surface area contributed by atoms with E-state index >= 15 is 0 Å². The number of anilines is 2. The maximum Gasteiger partial charge on any atom is 0.410 e. The molecule has 1 aliphatic heterocycles. The Morgan fingerprint density at radius 1 is 1.24 bits per heavy atom. The standard InChI is InChI=1S/C14H23N5O2/c1-10-11(15)16-9-17-12(10)18-5-7-19(8-6-18)13(20)21-14(2,3)4/h9H,5-8H2,1-4H3,(H2,15,16,17). The van der Waals surface area contributed by atoms with Crippen LogP contribution in [-0.4, -0.2) is 52.7 Å². The highest BCUT2D eigenvalue weighted by molar-refractivity contribution is 5.68. The van der Waals surface area contributed by atoms with E-state index in [-0.39, 0.29) is 6.09 Å². The molecule has 2 heterocycles. The third kappa shape index (κ3) is 3.74. The lowest BCUT2D eigenvalue weighted by atomic mass is 10.2. The van der Waals surface area contributed by atoms with Gasteiger partial charge in [-0.25, -0.2) is 14.8 Å². The monoisotopic (exact) mass is 293 g/mol. The first kappa shape index (κ1) is 15.3. The lowest BCUT2D eigenvalue weighted by Crippen LogP contribution is -2.50. The molecule has 7 nitrogen and oxygen atoms in total. The number of piperazine rings is 1. The van der Waals surface area contributed by atoms with Gasteiger partial charge in [-0.1, -0.05) is 0 Å². The Bertz CT molecular complexity index is 519. The SMILES string of the molecule is Cc1c(N)ncnc1N1CCN(C(=O)OC(C)(C)C)CC1. The molecular formula is C14H23N5O2. The number of rotatable bonds is 1. The van der Waals surface area contributed by atoms with Crippen molar-refractivity contribution in [2.75, 3.05) is 36.8 Å². The van der Waals surface area contributed by atoms with Gasteiger partial charge in [-0.3, -0.25) is 0 Å². The molecule has 1 fully saturated rings. The van der Waals surface area contributed by atoms with Gasteiger partial charge in [-0.2, -0.15) is 0 Å². The van der Waals surface area contributed by atoms with E-state index in [0.717, 1.165) is 11.4 Å². The summed E-state index contributed by atoms with van der Waals surface area (Å²) in [4.78, 5) is 24.1. The zero-order valence-corrected chi connectivity index (χ0v) is 13.1. The zero-order chi connectivity index (χ0) is 15.6. The van der Waals surface area contributed by atoms with E-state index in [9.17, 15) is 4.79 Å². The summed E-state index contributed by atoms with van der Waals surface area (Å²) in [6.45, 7) is 10.1. The topological polar surface area (TPSA) is 84.6 Å². The fraction of sp³-hybridized carbons (Fsp3) is 0.643. The van der Waals surface area contributed by atoms with Crippen LogP contribution < -0.4 is 10.6 Å². The Balaban J connectivity index is 1.97. The molecule has 2 N–H and O–H groups in total.